The second kappa shape index (κ2) is 7.49. The largest absolute Gasteiger partial charge is 0.497 e. The number of aryl methyl sites for hydroxylation is 1. The Labute approximate surface area is 182 Å². The molecule has 1 unspecified atom stereocenters. The molecule has 4 aromatic rings. The number of fused-ring (bicyclic) bond motifs is 3. The van der Waals surface area contributed by atoms with E-state index in [0.717, 1.165) is 21.4 Å². The first-order chi connectivity index (χ1) is 15.4. The average molecular weight is 435 g/mol. The standard InChI is InChI=1S/C24H22FN3O4/c1-26-20-18(23(29)27(2)24(26)30)19(14-6-10-17(31-3)11-7-14)28-12-13-32-22(21(20)28)15-4-8-16(25)9-5-15/h4-11,22H,12-13H2,1-3H3. The normalized spacial score (nSPS) is 15.7. The minimum atomic E-state index is -0.545. The fourth-order valence-corrected chi connectivity index (χ4v) is 4.52. The number of hydrogen-bond acceptors (Lipinski definition) is 4. The molecule has 0 spiro atoms. The summed E-state index contributed by atoms with van der Waals surface area (Å²) in [5.41, 5.74) is 2.76. The maximum atomic E-state index is 13.6. The summed E-state index contributed by atoms with van der Waals surface area (Å²) in [4.78, 5) is 26.2. The van der Waals surface area contributed by atoms with Crippen molar-refractivity contribution in [3.63, 3.8) is 0 Å². The molecule has 0 amide bonds. The van der Waals surface area contributed by atoms with E-state index in [1.807, 2.05) is 28.8 Å². The van der Waals surface area contributed by atoms with Crippen LogP contribution in [-0.2, 0) is 25.4 Å². The van der Waals surface area contributed by atoms with Gasteiger partial charge in [0.05, 0.1) is 36.0 Å². The van der Waals surface area contributed by atoms with Crippen molar-refractivity contribution in [2.75, 3.05) is 13.7 Å². The van der Waals surface area contributed by atoms with Gasteiger partial charge in [-0.1, -0.05) is 12.1 Å². The fraction of sp³-hybridized carbons (Fsp3) is 0.250. The van der Waals surface area contributed by atoms with Crippen LogP contribution in [0.3, 0.4) is 0 Å². The van der Waals surface area contributed by atoms with E-state index in [1.165, 1.54) is 23.7 Å². The molecule has 7 nitrogen and oxygen atoms in total. The van der Waals surface area contributed by atoms with Gasteiger partial charge in [0.1, 0.15) is 17.7 Å². The molecule has 0 radical (unpaired) electrons. The average Bonchev–Trinajstić information content (AvgIpc) is 3.17. The summed E-state index contributed by atoms with van der Waals surface area (Å²) in [5, 5.41) is 0.451. The van der Waals surface area contributed by atoms with E-state index >= 15 is 0 Å². The van der Waals surface area contributed by atoms with Crippen LogP contribution in [0, 0.1) is 5.82 Å². The van der Waals surface area contributed by atoms with Gasteiger partial charge in [-0.05, 0) is 47.5 Å². The fourth-order valence-electron chi connectivity index (χ4n) is 4.52. The van der Waals surface area contributed by atoms with Gasteiger partial charge >= 0.3 is 5.69 Å². The van der Waals surface area contributed by atoms with Crippen LogP contribution in [0.1, 0.15) is 17.4 Å². The molecule has 1 aliphatic rings. The maximum Gasteiger partial charge on any atom is 0.331 e. The van der Waals surface area contributed by atoms with Gasteiger partial charge in [0.2, 0.25) is 0 Å². The molecular formula is C24H22FN3O4. The van der Waals surface area contributed by atoms with Crippen molar-refractivity contribution in [3.8, 4) is 17.0 Å². The third-order valence-corrected chi connectivity index (χ3v) is 6.09. The molecule has 0 aliphatic carbocycles. The van der Waals surface area contributed by atoms with Crippen LogP contribution in [0.25, 0.3) is 22.2 Å². The molecule has 1 aliphatic heterocycles. The molecule has 0 N–H and O–H groups in total. The first-order valence-corrected chi connectivity index (χ1v) is 10.3. The van der Waals surface area contributed by atoms with Crippen LogP contribution in [0.15, 0.2) is 58.1 Å². The predicted octanol–water partition coefficient (Wildman–Crippen LogP) is 2.97. The summed E-state index contributed by atoms with van der Waals surface area (Å²) in [6.07, 6.45) is -0.545. The highest BCUT2D eigenvalue weighted by Crippen LogP contribution is 2.40. The molecule has 3 heterocycles. The minimum absolute atomic E-state index is 0.343. The molecule has 5 rings (SSSR count). The molecule has 0 bridgehead atoms. The van der Waals surface area contributed by atoms with Crippen LogP contribution >= 0.6 is 0 Å². The molecule has 1 atom stereocenters. The molecular weight excluding hydrogens is 413 g/mol. The van der Waals surface area contributed by atoms with E-state index in [9.17, 15) is 14.0 Å². The molecule has 0 fully saturated rings. The summed E-state index contributed by atoms with van der Waals surface area (Å²) in [7, 11) is 4.73. The molecule has 0 saturated heterocycles. The van der Waals surface area contributed by atoms with Gasteiger partial charge < -0.3 is 14.0 Å². The minimum Gasteiger partial charge on any atom is -0.497 e. The lowest BCUT2D eigenvalue weighted by molar-refractivity contribution is 0.0478. The van der Waals surface area contributed by atoms with Gasteiger partial charge in [0.15, 0.2) is 0 Å². The number of rotatable bonds is 3. The van der Waals surface area contributed by atoms with Gasteiger partial charge in [0, 0.05) is 20.6 Å². The molecule has 0 saturated carbocycles. The van der Waals surface area contributed by atoms with Crippen molar-refractivity contribution in [1.82, 2.24) is 13.7 Å². The Balaban J connectivity index is 1.90. The zero-order chi connectivity index (χ0) is 22.6. The van der Waals surface area contributed by atoms with Gasteiger partial charge in [-0.2, -0.15) is 0 Å². The predicted molar refractivity (Wildman–Crippen MR) is 119 cm³/mol. The third kappa shape index (κ3) is 2.90. The van der Waals surface area contributed by atoms with E-state index < -0.39 is 11.8 Å². The lowest BCUT2D eigenvalue weighted by atomic mass is 10.0. The molecule has 2 aromatic heterocycles. The first kappa shape index (κ1) is 20.3. The zero-order valence-electron chi connectivity index (χ0n) is 18.0. The summed E-state index contributed by atoms with van der Waals surface area (Å²) in [6, 6.07) is 13.6. The van der Waals surface area contributed by atoms with Gasteiger partial charge in [-0.3, -0.25) is 13.9 Å². The summed E-state index contributed by atoms with van der Waals surface area (Å²) < 4.78 is 29.6. The lowest BCUT2D eigenvalue weighted by Crippen LogP contribution is -2.37. The second-order valence-corrected chi connectivity index (χ2v) is 7.85. The van der Waals surface area contributed by atoms with Crippen molar-refractivity contribution in [3.05, 3.63) is 86.4 Å². The molecule has 2 aromatic carbocycles. The van der Waals surface area contributed by atoms with Gasteiger partial charge in [0.25, 0.3) is 5.56 Å². The molecule has 8 heteroatoms. The Morgan fingerprint density at radius 1 is 1.00 bits per heavy atom. The van der Waals surface area contributed by atoms with Gasteiger partial charge in [-0.25, -0.2) is 9.18 Å². The highest BCUT2D eigenvalue weighted by Gasteiger charge is 2.33. The quantitative estimate of drug-likeness (QED) is 0.496. The summed E-state index contributed by atoms with van der Waals surface area (Å²) in [6.45, 7) is 0.924. The number of halogens is 1. The van der Waals surface area contributed by atoms with Crippen molar-refractivity contribution in [2.45, 2.75) is 12.6 Å². The van der Waals surface area contributed by atoms with E-state index in [1.54, 1.807) is 26.3 Å². The van der Waals surface area contributed by atoms with E-state index in [-0.39, 0.29) is 11.4 Å². The van der Waals surface area contributed by atoms with Crippen molar-refractivity contribution >= 4 is 10.9 Å². The van der Waals surface area contributed by atoms with E-state index in [4.69, 9.17) is 9.47 Å². The van der Waals surface area contributed by atoms with Crippen LogP contribution in [0.2, 0.25) is 0 Å². The van der Waals surface area contributed by atoms with E-state index in [2.05, 4.69) is 0 Å². The Morgan fingerprint density at radius 3 is 2.34 bits per heavy atom. The Morgan fingerprint density at radius 2 is 1.69 bits per heavy atom. The highest BCUT2D eigenvalue weighted by atomic mass is 19.1. The number of methoxy groups -OCH3 is 1. The number of ether oxygens (including phenoxy) is 2. The maximum absolute atomic E-state index is 13.6. The van der Waals surface area contributed by atoms with Crippen molar-refractivity contribution < 1.29 is 13.9 Å². The van der Waals surface area contributed by atoms with Crippen molar-refractivity contribution in [1.29, 1.82) is 0 Å². The Hall–Kier alpha value is -3.65. The smallest absolute Gasteiger partial charge is 0.331 e. The van der Waals surface area contributed by atoms with Gasteiger partial charge in [-0.15, -0.1) is 0 Å². The number of aromatic nitrogens is 3. The summed E-state index contributed by atoms with van der Waals surface area (Å²) in [5.74, 6) is 0.362. The summed E-state index contributed by atoms with van der Waals surface area (Å²) >= 11 is 0. The van der Waals surface area contributed by atoms with Crippen LogP contribution in [-0.4, -0.2) is 27.4 Å². The first-order valence-electron chi connectivity index (χ1n) is 10.3. The van der Waals surface area contributed by atoms with Crippen LogP contribution in [0.5, 0.6) is 5.75 Å². The Bertz CT molecular complexity index is 1450. The monoisotopic (exact) mass is 435 g/mol. The topological polar surface area (TPSA) is 67.4 Å². The van der Waals surface area contributed by atoms with Crippen LogP contribution < -0.4 is 16.0 Å². The second-order valence-electron chi connectivity index (χ2n) is 7.85. The molecule has 32 heavy (non-hydrogen) atoms. The number of hydrogen-bond donors (Lipinski definition) is 0. The van der Waals surface area contributed by atoms with E-state index in [0.29, 0.717) is 35.5 Å². The number of benzene rings is 2. The zero-order valence-corrected chi connectivity index (χ0v) is 18.0. The number of nitrogens with zero attached hydrogens (tertiary/aromatic N) is 3. The lowest BCUT2D eigenvalue weighted by Gasteiger charge is -2.27. The third-order valence-electron chi connectivity index (χ3n) is 6.09. The Kier molecular flexibility index (Phi) is 4.74. The highest BCUT2D eigenvalue weighted by molar-refractivity contribution is 5.96. The van der Waals surface area contributed by atoms with Crippen molar-refractivity contribution in [2.24, 2.45) is 14.1 Å². The van der Waals surface area contributed by atoms with Crippen LogP contribution in [0.4, 0.5) is 4.39 Å². The molecule has 164 valence electrons. The SMILES string of the molecule is COc1ccc(-c2c3c(=O)n(C)c(=O)n(C)c3c3n2CCOC3c2ccc(F)cc2)cc1.